The van der Waals surface area contributed by atoms with Crippen molar-refractivity contribution in [2.24, 2.45) is 0 Å². The van der Waals surface area contributed by atoms with Gasteiger partial charge in [-0.15, -0.1) is 80.2 Å². The Morgan fingerprint density at radius 3 is 1.26 bits per heavy atom. The predicted molar refractivity (Wildman–Crippen MR) is 553 cm³/mol. The minimum absolute atomic E-state index is 0. The van der Waals surface area contributed by atoms with Crippen molar-refractivity contribution in [3.05, 3.63) is 424 Å². The van der Waals surface area contributed by atoms with Crippen molar-refractivity contribution < 1.29 is 65.0 Å². The molecule has 20 rings (SSSR count). The Morgan fingerprint density at radius 1 is 0.373 bits per heavy atom. The first-order chi connectivity index (χ1) is 63.6. The van der Waals surface area contributed by atoms with Crippen LogP contribution in [0.2, 0.25) is 0 Å². The first kappa shape index (κ1) is 103. The van der Waals surface area contributed by atoms with Gasteiger partial charge in [0.2, 0.25) is 0 Å². The second-order valence-corrected chi connectivity index (χ2v) is 34.5. The first-order valence-corrected chi connectivity index (χ1v) is 45.4. The third-order valence-electron chi connectivity index (χ3n) is 22.6. The number of rotatable bonds is 16. The third-order valence-corrected chi connectivity index (χ3v) is 22.7. The van der Waals surface area contributed by atoms with Crippen LogP contribution >= 0.6 is 8.46 Å². The maximum Gasteiger partial charge on any atom is 0.106 e. The summed E-state index contributed by atoms with van der Waals surface area (Å²) in [6.45, 7) is 17.8. The Bertz CT molecular complexity index is 6720. The number of halogens is 1. The van der Waals surface area contributed by atoms with Gasteiger partial charge in [0.15, 0.2) is 0 Å². The van der Waals surface area contributed by atoms with Crippen molar-refractivity contribution in [3.8, 4) is 95.1 Å². The molecule has 0 saturated heterocycles. The van der Waals surface area contributed by atoms with Crippen LogP contribution in [-0.2, 0) is 51.0 Å². The molecule has 5 atom stereocenters. The van der Waals surface area contributed by atoms with Crippen LogP contribution in [0.1, 0.15) is 92.0 Å². The van der Waals surface area contributed by atoms with E-state index in [9.17, 15) is 4.39 Å². The summed E-state index contributed by atoms with van der Waals surface area (Å²) in [5.41, 5.74) is 30.7. The molecule has 5 aromatic heterocycles. The SMILES string of the molecule is CC(C)(C)c1cc(-c2[c-]cccc2)ncn1.CC(O)CC(C)O.CC(O)CC(C)O.CC1(C)c2ccccc2-c2ccc(N(c3ccc(-c4ccccc4)cc3)c3ccc(-c4ccc5c(c4)c4ccccc4n5-c4ccccc4)cc3)cc21.[B]PCF.[BiH2].[Ir].[Ir].[c-]1ccccc1-c1cc(-c2ccccc2)ncn1.c1ccc(-c2ccnc3c2ccc2c(-c4ccccc4)ccnc23)cc1. The van der Waals surface area contributed by atoms with E-state index in [-0.39, 0.29) is 117 Å². The molecule has 5 heterocycles. The van der Waals surface area contributed by atoms with Gasteiger partial charge in [0.05, 0.1) is 58.6 Å². The summed E-state index contributed by atoms with van der Waals surface area (Å²) < 4.78 is 13.0. The quantitative estimate of drug-likeness (QED) is 0.0315. The van der Waals surface area contributed by atoms with E-state index < -0.39 is 0 Å². The molecule has 0 spiro atoms. The summed E-state index contributed by atoms with van der Waals surface area (Å²) in [4.78, 5) is 28.9. The fourth-order valence-corrected chi connectivity index (χ4v) is 16.4. The molecule has 14 aromatic carbocycles. The van der Waals surface area contributed by atoms with Crippen molar-refractivity contribution in [2.45, 2.75) is 110 Å². The number of para-hydroxylation sites is 2. The van der Waals surface area contributed by atoms with Crippen molar-refractivity contribution in [2.75, 3.05) is 11.3 Å². The van der Waals surface area contributed by atoms with Gasteiger partial charge in [0, 0.05) is 113 Å². The van der Waals surface area contributed by atoms with Crippen LogP contribution in [0.3, 0.4) is 0 Å². The maximum atomic E-state index is 10.6. The monoisotopic (exact) mass is 2330 g/mol. The average Bonchev–Trinajstić information content (AvgIpc) is 1.64. The fraction of sp³-hybridized carbons (Fsp3) is 0.155. The topological polar surface area (TPSA) is 166 Å². The number of anilines is 3. The van der Waals surface area contributed by atoms with E-state index in [2.05, 4.69) is 361 Å². The Kier molecular flexibility index (Phi) is 37.8. The number of aromatic nitrogens is 7. The second kappa shape index (κ2) is 49.4. The van der Waals surface area contributed by atoms with Gasteiger partial charge in [-0.05, 0) is 203 Å². The molecule has 0 fully saturated rings. The Balaban J connectivity index is 0.000000177. The number of nitrogens with zero attached hydrogens (tertiary/aromatic N) is 8. The summed E-state index contributed by atoms with van der Waals surface area (Å²) in [6.07, 6.45) is 6.04. The molecule has 1 aliphatic rings. The fourth-order valence-electron chi connectivity index (χ4n) is 16.4. The number of aliphatic hydroxyl groups is 4. The van der Waals surface area contributed by atoms with Crippen molar-refractivity contribution in [1.82, 2.24) is 34.5 Å². The minimum atomic E-state index is -0.375. The summed E-state index contributed by atoms with van der Waals surface area (Å²) in [5.74, 6) is 0. The van der Waals surface area contributed by atoms with Crippen molar-refractivity contribution >= 4 is 103 Å². The van der Waals surface area contributed by atoms with Gasteiger partial charge in [-0.3, -0.25) is 19.9 Å². The number of hydrogen-bond donors (Lipinski definition) is 4. The van der Waals surface area contributed by atoms with Gasteiger partial charge in [0.25, 0.3) is 0 Å². The minimum Gasteiger partial charge on any atom is -0.286 e. The summed E-state index contributed by atoms with van der Waals surface area (Å²) in [6, 6.07) is 136. The largest absolute Gasteiger partial charge is 0.286 e. The molecule has 18 heteroatoms. The van der Waals surface area contributed by atoms with Crippen LogP contribution in [0.15, 0.2) is 395 Å². The molecule has 0 saturated carbocycles. The number of alkyl halides is 1. The van der Waals surface area contributed by atoms with E-state index in [1.165, 1.54) is 94.3 Å². The Labute approximate surface area is 836 Å². The van der Waals surface area contributed by atoms with Gasteiger partial charge in [0.1, 0.15) is 20.2 Å². The molecule has 0 bridgehead atoms. The van der Waals surface area contributed by atoms with Gasteiger partial charge in [-0.25, -0.2) is 14.4 Å². The molecule has 1 aliphatic carbocycles. The average molecular weight is 2330 g/mol. The van der Waals surface area contributed by atoms with Gasteiger partial charge < -0.3 is 29.9 Å². The molecule has 19 aromatic rings. The van der Waals surface area contributed by atoms with Gasteiger partial charge >= 0.3 is 26.2 Å². The van der Waals surface area contributed by atoms with Crippen LogP contribution < -0.4 is 4.90 Å². The molecule has 12 nitrogen and oxygen atoms in total. The van der Waals surface area contributed by atoms with Crippen LogP contribution in [0, 0.1) is 12.1 Å². The first-order valence-electron chi connectivity index (χ1n) is 44.2. The van der Waals surface area contributed by atoms with E-state index in [0.29, 0.717) is 12.8 Å². The zero-order valence-corrected chi connectivity index (χ0v) is 86.8. The van der Waals surface area contributed by atoms with Gasteiger partial charge in [-0.1, -0.05) is 277 Å². The summed E-state index contributed by atoms with van der Waals surface area (Å²) in [7, 11) is 4.65. The molecular weight excluding hydrogens is 2220 g/mol. The third kappa shape index (κ3) is 26.0. The molecular formula is C116H109BBiFIr2N8O4P-2. The molecule has 5 radical (unpaired) electrons. The van der Waals surface area contributed by atoms with E-state index in [0.717, 1.165) is 78.3 Å². The van der Waals surface area contributed by atoms with Crippen LogP contribution in [0.25, 0.3) is 139 Å². The number of pyridine rings is 2. The zero-order chi connectivity index (χ0) is 91.8. The van der Waals surface area contributed by atoms with E-state index >= 15 is 0 Å². The van der Waals surface area contributed by atoms with Crippen molar-refractivity contribution in [3.63, 3.8) is 0 Å². The van der Waals surface area contributed by atoms with Gasteiger partial charge in [-0.2, -0.15) is 0 Å². The van der Waals surface area contributed by atoms with Crippen molar-refractivity contribution in [1.29, 1.82) is 0 Å². The van der Waals surface area contributed by atoms with E-state index in [1.807, 2.05) is 116 Å². The summed E-state index contributed by atoms with van der Waals surface area (Å²) in [5, 5.41) is 39.0. The molecule has 4 N–H and O–H groups in total. The summed E-state index contributed by atoms with van der Waals surface area (Å²) >= 11 is 0. The maximum absolute atomic E-state index is 10.6. The van der Waals surface area contributed by atoms with E-state index in [4.69, 9.17) is 20.4 Å². The molecule has 134 heavy (non-hydrogen) atoms. The number of benzene rings is 14. The second-order valence-electron chi connectivity index (χ2n) is 33.9. The Morgan fingerprint density at radius 2 is 0.776 bits per heavy atom. The predicted octanol–water partition coefficient (Wildman–Crippen LogP) is 26.9. The van der Waals surface area contributed by atoms with Crippen LogP contribution in [-0.4, -0.2) is 119 Å². The zero-order valence-electron chi connectivity index (χ0n) is 76.5. The molecule has 677 valence electrons. The van der Waals surface area contributed by atoms with E-state index in [1.54, 1.807) is 40.3 Å². The molecule has 0 aliphatic heterocycles. The molecule has 5 unspecified atom stereocenters. The number of hydrogen-bond acceptors (Lipinski definition) is 11. The number of fused-ring (bicyclic) bond motifs is 9. The smallest absolute Gasteiger partial charge is 0.106 e. The standard InChI is InChI=1S/C51H38N2.C24H16N2.C16H11N2.C14H15N2.2C5H12O2.CH3BFP.Bi.2Ir.2H/c1-51(2)47-19-11-9-17-43(47)44-31-30-42(34-48(44)51)52(40-26-21-36(22-27-40)35-13-5-3-6-14-35)41-28-23-37(24-29-41)38-25-32-50-46(33-38)45-18-10-12-20-49(45)53(50)39-15-7-4-8-16-39;1-3-7-17(8-4-1)19-13-15-25-23-21(19)11-12-22-20(14-16-26-24(22)23)18-9-5-2-6-10-18;1-3-7-13(8-4-1)15-11-16(18-12-17-15)14-9-5-2-6-10-14;1-14(2,3)13-9-12(15-10-16-13)11-7-5-4-6-8-11;2*1-4(6)3-5(2)7;2-4-1-3;;;;;/h3-34H,1-2H3;1-16H;1-9,11-12H;4-7,9-10H,1-3H3;2*4-7H,3H2,1-2H3;4H,1H2;;;;;/q;;2*-1;;;;;;;;. The number of aliphatic hydroxyl groups excluding tert-OH is 4. The molecule has 0 amide bonds. The normalized spacial score (nSPS) is 12.3. The van der Waals surface area contributed by atoms with Crippen LogP contribution in [0.5, 0.6) is 0 Å². The Hall–Kier alpha value is -11.9. The van der Waals surface area contributed by atoms with Crippen LogP contribution in [0.4, 0.5) is 21.5 Å².